The molecule has 0 bridgehead atoms. The Morgan fingerprint density at radius 2 is 2.00 bits per heavy atom. The molecule has 0 spiro atoms. The van der Waals surface area contributed by atoms with Crippen LogP contribution < -0.4 is 10.6 Å². The third-order valence-corrected chi connectivity index (χ3v) is 4.59. The van der Waals surface area contributed by atoms with Crippen molar-refractivity contribution in [2.45, 2.75) is 39.7 Å². The number of nitrogens with one attached hydrogen (secondary N) is 2. The van der Waals surface area contributed by atoms with Crippen LogP contribution in [0.5, 0.6) is 0 Å². The molecular weight excluding hydrogens is 318 g/mol. The first-order chi connectivity index (χ1) is 11.9. The van der Waals surface area contributed by atoms with Gasteiger partial charge in [-0.3, -0.25) is 4.79 Å². The highest BCUT2D eigenvalue weighted by atomic mass is 16.5. The lowest BCUT2D eigenvalue weighted by molar-refractivity contribution is 0.0697. The Morgan fingerprint density at radius 3 is 2.60 bits per heavy atom. The first-order valence-corrected chi connectivity index (χ1v) is 8.87. The second-order valence-corrected chi connectivity index (χ2v) is 6.96. The molecule has 138 valence electrons. The van der Waals surface area contributed by atoms with E-state index < -0.39 is 0 Å². The summed E-state index contributed by atoms with van der Waals surface area (Å²) >= 11 is 0. The lowest BCUT2D eigenvalue weighted by Gasteiger charge is -2.30. The molecule has 1 aliphatic rings. The predicted octanol–water partition coefficient (Wildman–Crippen LogP) is 3.02. The molecule has 0 saturated carbocycles. The minimum atomic E-state index is -0.281. The van der Waals surface area contributed by atoms with Gasteiger partial charge in [0.05, 0.1) is 12.6 Å². The molecule has 1 unspecified atom stereocenters. The normalized spacial score (nSPS) is 16.4. The zero-order valence-electron chi connectivity index (χ0n) is 15.6. The molecule has 1 aliphatic heterocycles. The number of amides is 3. The molecule has 1 aromatic rings. The Hall–Kier alpha value is -2.08. The number of carbonyl (C=O) groups excluding carboxylic acids is 2. The molecule has 2 rings (SSSR count). The fourth-order valence-electron chi connectivity index (χ4n) is 3.01. The summed E-state index contributed by atoms with van der Waals surface area (Å²) in [6.45, 7) is 8.08. The van der Waals surface area contributed by atoms with Gasteiger partial charge >= 0.3 is 6.03 Å². The minimum absolute atomic E-state index is 0.0692. The number of nitrogens with zero attached hydrogens (tertiary/aromatic N) is 1. The second kappa shape index (κ2) is 8.85. The Kier molecular flexibility index (Phi) is 6.82. The Labute approximate surface area is 149 Å². The number of urea groups is 1. The smallest absolute Gasteiger partial charge is 0.319 e. The van der Waals surface area contributed by atoms with E-state index in [4.69, 9.17) is 4.74 Å². The molecule has 1 aromatic carbocycles. The molecule has 1 fully saturated rings. The number of hydrogen-bond donors (Lipinski definition) is 2. The van der Waals surface area contributed by atoms with Crippen LogP contribution in [0.15, 0.2) is 18.2 Å². The number of anilines is 1. The van der Waals surface area contributed by atoms with Gasteiger partial charge in [-0.2, -0.15) is 0 Å². The molecule has 2 N–H and O–H groups in total. The van der Waals surface area contributed by atoms with Gasteiger partial charge in [0.2, 0.25) is 0 Å². The topological polar surface area (TPSA) is 70.7 Å². The summed E-state index contributed by atoms with van der Waals surface area (Å²) in [6.07, 6.45) is 2.12. The number of hydrogen-bond acceptors (Lipinski definition) is 3. The van der Waals surface area contributed by atoms with Crippen molar-refractivity contribution in [3.8, 4) is 0 Å². The van der Waals surface area contributed by atoms with Crippen LogP contribution in [0, 0.1) is 12.8 Å². The first-order valence-electron chi connectivity index (χ1n) is 8.87. The van der Waals surface area contributed by atoms with Crippen molar-refractivity contribution in [1.82, 2.24) is 10.2 Å². The van der Waals surface area contributed by atoms with Crippen LogP contribution >= 0.6 is 0 Å². The van der Waals surface area contributed by atoms with E-state index in [1.165, 1.54) is 0 Å². The molecule has 6 heteroatoms. The van der Waals surface area contributed by atoms with Crippen LogP contribution in [0.2, 0.25) is 0 Å². The van der Waals surface area contributed by atoms with Gasteiger partial charge in [-0.15, -0.1) is 0 Å². The molecular formula is C19H29N3O3. The van der Waals surface area contributed by atoms with Crippen LogP contribution in [-0.4, -0.2) is 49.7 Å². The van der Waals surface area contributed by atoms with Gasteiger partial charge in [-0.25, -0.2) is 4.79 Å². The quantitative estimate of drug-likeness (QED) is 0.860. The van der Waals surface area contributed by atoms with Crippen LogP contribution in [0.4, 0.5) is 10.5 Å². The maximum atomic E-state index is 12.6. The Balaban J connectivity index is 1.98. The van der Waals surface area contributed by atoms with Crippen molar-refractivity contribution < 1.29 is 14.3 Å². The van der Waals surface area contributed by atoms with Crippen LogP contribution in [0.1, 0.15) is 42.6 Å². The highest BCUT2D eigenvalue weighted by molar-refractivity contribution is 5.96. The average Bonchev–Trinajstić information content (AvgIpc) is 2.57. The van der Waals surface area contributed by atoms with Crippen molar-refractivity contribution in [3.05, 3.63) is 29.3 Å². The monoisotopic (exact) mass is 347 g/mol. The van der Waals surface area contributed by atoms with Gasteiger partial charge in [-0.1, -0.05) is 6.92 Å². The molecule has 1 heterocycles. The third kappa shape index (κ3) is 5.46. The number of carbonyl (C=O) groups is 2. The number of piperidine rings is 1. The summed E-state index contributed by atoms with van der Waals surface area (Å²) in [6, 6.07) is 5.05. The van der Waals surface area contributed by atoms with E-state index in [0.717, 1.165) is 31.5 Å². The molecule has 6 nitrogen and oxygen atoms in total. The predicted molar refractivity (Wildman–Crippen MR) is 99.0 cm³/mol. The summed E-state index contributed by atoms with van der Waals surface area (Å²) < 4.78 is 5.00. The fraction of sp³-hybridized carbons (Fsp3) is 0.579. The highest BCUT2D eigenvalue weighted by Crippen LogP contribution is 2.21. The van der Waals surface area contributed by atoms with Crippen molar-refractivity contribution >= 4 is 17.6 Å². The highest BCUT2D eigenvalue weighted by Gasteiger charge is 2.21. The van der Waals surface area contributed by atoms with E-state index in [-0.39, 0.29) is 18.0 Å². The molecule has 1 saturated heterocycles. The summed E-state index contributed by atoms with van der Waals surface area (Å²) in [4.78, 5) is 26.5. The van der Waals surface area contributed by atoms with Gasteiger partial charge < -0.3 is 20.3 Å². The summed E-state index contributed by atoms with van der Waals surface area (Å²) in [5, 5.41) is 5.62. The van der Waals surface area contributed by atoms with E-state index in [0.29, 0.717) is 23.8 Å². The van der Waals surface area contributed by atoms with Gasteiger partial charge in [0.25, 0.3) is 5.91 Å². The van der Waals surface area contributed by atoms with Crippen molar-refractivity contribution in [1.29, 1.82) is 0 Å². The fourth-order valence-corrected chi connectivity index (χ4v) is 3.01. The third-order valence-electron chi connectivity index (χ3n) is 4.59. The van der Waals surface area contributed by atoms with Crippen LogP contribution in [-0.2, 0) is 4.74 Å². The molecule has 25 heavy (non-hydrogen) atoms. The Bertz CT molecular complexity index is 610. The second-order valence-electron chi connectivity index (χ2n) is 6.96. The molecule has 0 radical (unpaired) electrons. The first kappa shape index (κ1) is 19.2. The standard InChI is InChI=1S/C19H29N3O3/c1-13-7-9-22(10-8-13)18(23)16-5-6-17(14(2)11-16)21-19(24)20-15(3)12-25-4/h5-6,11,13,15H,7-10,12H2,1-4H3,(H2,20,21,24). The molecule has 3 amide bonds. The maximum absolute atomic E-state index is 12.6. The zero-order valence-corrected chi connectivity index (χ0v) is 15.6. The SMILES string of the molecule is COCC(C)NC(=O)Nc1ccc(C(=O)N2CCC(C)CC2)cc1C. The number of ether oxygens (including phenoxy) is 1. The average molecular weight is 347 g/mol. The van der Waals surface area contributed by atoms with Crippen molar-refractivity contribution in [3.63, 3.8) is 0 Å². The van der Waals surface area contributed by atoms with Crippen molar-refractivity contribution in [2.75, 3.05) is 32.1 Å². The van der Waals surface area contributed by atoms with Crippen molar-refractivity contribution in [2.24, 2.45) is 5.92 Å². The van der Waals surface area contributed by atoms with Gasteiger partial charge in [0, 0.05) is 31.5 Å². The number of likely N-dealkylation sites (tertiary alicyclic amines) is 1. The summed E-state index contributed by atoms with van der Waals surface area (Å²) in [5.74, 6) is 0.760. The van der Waals surface area contributed by atoms with E-state index in [1.807, 2.05) is 24.8 Å². The van der Waals surface area contributed by atoms with E-state index in [1.54, 1.807) is 19.2 Å². The largest absolute Gasteiger partial charge is 0.383 e. The number of aryl methyl sites for hydroxylation is 1. The van der Waals surface area contributed by atoms with E-state index in [2.05, 4.69) is 17.6 Å². The summed E-state index contributed by atoms with van der Waals surface area (Å²) in [7, 11) is 1.60. The minimum Gasteiger partial charge on any atom is -0.383 e. The lowest BCUT2D eigenvalue weighted by atomic mass is 9.98. The Morgan fingerprint density at radius 1 is 1.32 bits per heavy atom. The maximum Gasteiger partial charge on any atom is 0.319 e. The van der Waals surface area contributed by atoms with E-state index >= 15 is 0 Å². The van der Waals surface area contributed by atoms with E-state index in [9.17, 15) is 9.59 Å². The zero-order chi connectivity index (χ0) is 18.4. The van der Waals surface area contributed by atoms with Gasteiger partial charge in [0.15, 0.2) is 0 Å². The lowest BCUT2D eigenvalue weighted by Crippen LogP contribution is -2.39. The molecule has 0 aliphatic carbocycles. The van der Waals surface area contributed by atoms with Crippen LogP contribution in [0.25, 0.3) is 0 Å². The molecule has 1 atom stereocenters. The molecule has 0 aromatic heterocycles. The van der Waals surface area contributed by atoms with Gasteiger partial charge in [0.1, 0.15) is 0 Å². The van der Waals surface area contributed by atoms with Crippen LogP contribution in [0.3, 0.4) is 0 Å². The summed E-state index contributed by atoms with van der Waals surface area (Å²) in [5.41, 5.74) is 2.24. The number of benzene rings is 1. The number of methoxy groups -OCH3 is 1. The number of rotatable bonds is 5. The van der Waals surface area contributed by atoms with Gasteiger partial charge in [-0.05, 0) is 56.4 Å².